The van der Waals surface area contributed by atoms with Gasteiger partial charge in [0.15, 0.2) is 0 Å². The largest absolute Gasteiger partial charge is 0.0651 e. The highest BCUT2D eigenvalue weighted by Crippen LogP contribution is 2.43. The van der Waals surface area contributed by atoms with Gasteiger partial charge < -0.3 is 0 Å². The Bertz CT molecular complexity index is 116. The van der Waals surface area contributed by atoms with E-state index in [9.17, 15) is 0 Å². The van der Waals surface area contributed by atoms with Crippen molar-refractivity contribution in [1.29, 1.82) is 0 Å². The highest BCUT2D eigenvalue weighted by atomic mass is 14.4. The van der Waals surface area contributed by atoms with Gasteiger partial charge in [0.25, 0.3) is 0 Å². The van der Waals surface area contributed by atoms with Crippen LogP contribution in [0, 0.1) is 23.7 Å². The predicted octanol–water partition coefficient (Wildman–Crippen LogP) is 4.89. The fourth-order valence-corrected chi connectivity index (χ4v) is 3.55. The van der Waals surface area contributed by atoms with Gasteiger partial charge in [0.05, 0.1) is 0 Å². The molecule has 0 amide bonds. The van der Waals surface area contributed by atoms with Crippen molar-refractivity contribution in [2.45, 2.75) is 66.2 Å². The van der Waals surface area contributed by atoms with E-state index in [1.807, 2.05) is 0 Å². The van der Waals surface area contributed by atoms with E-state index in [4.69, 9.17) is 0 Å². The molecule has 1 aliphatic rings. The molecule has 1 fully saturated rings. The zero-order valence-electron chi connectivity index (χ0n) is 10.6. The summed E-state index contributed by atoms with van der Waals surface area (Å²) in [6.45, 7) is 9.53. The smallest absolute Gasteiger partial charge is 0.0386 e. The van der Waals surface area contributed by atoms with E-state index < -0.39 is 0 Å². The molecule has 84 valence electrons. The second kappa shape index (κ2) is 5.78. The molecule has 0 aromatic carbocycles. The standard InChI is InChI=1S/C14H28/c1-5-11-9-13(7-3)14(8-4)10-12(11)6-2/h11-14H,5-10H2,1-4H3/t11-,12+,13+,14-. The molecule has 1 rings (SSSR count). The number of hydrogen-bond acceptors (Lipinski definition) is 0. The Hall–Kier alpha value is 0. The van der Waals surface area contributed by atoms with Crippen molar-refractivity contribution in [2.75, 3.05) is 0 Å². The monoisotopic (exact) mass is 196 g/mol. The molecular weight excluding hydrogens is 168 g/mol. The van der Waals surface area contributed by atoms with Crippen LogP contribution in [-0.4, -0.2) is 0 Å². The van der Waals surface area contributed by atoms with E-state index in [-0.39, 0.29) is 0 Å². The average Bonchev–Trinajstić information content (AvgIpc) is 2.26. The summed E-state index contributed by atoms with van der Waals surface area (Å²) in [5.41, 5.74) is 0. The maximum atomic E-state index is 2.38. The van der Waals surface area contributed by atoms with Gasteiger partial charge in [0.1, 0.15) is 0 Å². The molecule has 14 heavy (non-hydrogen) atoms. The van der Waals surface area contributed by atoms with E-state index in [0.717, 1.165) is 23.7 Å². The van der Waals surface area contributed by atoms with Gasteiger partial charge >= 0.3 is 0 Å². The lowest BCUT2D eigenvalue weighted by Crippen LogP contribution is -2.30. The molecule has 1 saturated carbocycles. The Morgan fingerprint density at radius 3 is 0.929 bits per heavy atom. The normalized spacial score (nSPS) is 38.6. The van der Waals surface area contributed by atoms with Crippen LogP contribution < -0.4 is 0 Å². The van der Waals surface area contributed by atoms with Crippen LogP contribution in [0.15, 0.2) is 0 Å². The van der Waals surface area contributed by atoms with Gasteiger partial charge in [-0.1, -0.05) is 53.4 Å². The van der Waals surface area contributed by atoms with Gasteiger partial charge in [0, 0.05) is 0 Å². The summed E-state index contributed by atoms with van der Waals surface area (Å²) in [7, 11) is 0. The molecule has 0 spiro atoms. The Balaban J connectivity index is 2.59. The Kier molecular flexibility index (Phi) is 4.98. The quantitative estimate of drug-likeness (QED) is 0.601. The van der Waals surface area contributed by atoms with Crippen LogP contribution in [0.25, 0.3) is 0 Å². The molecule has 0 N–H and O–H groups in total. The van der Waals surface area contributed by atoms with Gasteiger partial charge in [-0.3, -0.25) is 0 Å². The lowest BCUT2D eigenvalue weighted by atomic mass is 9.65. The summed E-state index contributed by atoms with van der Waals surface area (Å²) in [4.78, 5) is 0. The maximum Gasteiger partial charge on any atom is -0.0386 e. The average molecular weight is 196 g/mol. The van der Waals surface area contributed by atoms with Crippen LogP contribution in [0.1, 0.15) is 66.2 Å². The SMILES string of the molecule is CC[C@@H]1C[C@H](CC)[C@H](CC)C[C@@H]1CC. The van der Waals surface area contributed by atoms with Crippen molar-refractivity contribution in [3.05, 3.63) is 0 Å². The maximum absolute atomic E-state index is 2.38. The molecule has 0 unspecified atom stereocenters. The molecule has 1 aliphatic carbocycles. The summed E-state index contributed by atoms with van der Waals surface area (Å²) in [5, 5.41) is 0. The Labute approximate surface area is 90.5 Å². The van der Waals surface area contributed by atoms with Gasteiger partial charge in [-0.2, -0.15) is 0 Å². The van der Waals surface area contributed by atoms with Crippen molar-refractivity contribution in [3.63, 3.8) is 0 Å². The van der Waals surface area contributed by atoms with E-state index in [1.54, 1.807) is 0 Å². The molecular formula is C14H28. The fraction of sp³-hybridized carbons (Fsp3) is 1.00. The molecule has 0 bridgehead atoms. The summed E-state index contributed by atoms with van der Waals surface area (Å²) < 4.78 is 0. The van der Waals surface area contributed by atoms with Crippen molar-refractivity contribution < 1.29 is 0 Å². The molecule has 0 saturated heterocycles. The van der Waals surface area contributed by atoms with Crippen molar-refractivity contribution >= 4 is 0 Å². The number of rotatable bonds is 4. The van der Waals surface area contributed by atoms with Crippen LogP contribution in [0.2, 0.25) is 0 Å². The lowest BCUT2D eigenvalue weighted by Gasteiger charge is -2.40. The van der Waals surface area contributed by atoms with Crippen LogP contribution in [-0.2, 0) is 0 Å². The summed E-state index contributed by atoms with van der Waals surface area (Å²) in [5.74, 6) is 4.14. The van der Waals surface area contributed by atoms with Gasteiger partial charge in [-0.15, -0.1) is 0 Å². The zero-order chi connectivity index (χ0) is 10.6. The molecule has 0 heteroatoms. The molecule has 0 radical (unpaired) electrons. The lowest BCUT2D eigenvalue weighted by molar-refractivity contribution is 0.0998. The van der Waals surface area contributed by atoms with Gasteiger partial charge in [-0.05, 0) is 36.5 Å². The van der Waals surface area contributed by atoms with Crippen molar-refractivity contribution in [1.82, 2.24) is 0 Å². The Morgan fingerprint density at radius 2 is 0.786 bits per heavy atom. The van der Waals surface area contributed by atoms with Crippen molar-refractivity contribution in [3.8, 4) is 0 Å². The first-order valence-electron chi connectivity index (χ1n) is 6.76. The summed E-state index contributed by atoms with van der Waals surface area (Å²) >= 11 is 0. The van der Waals surface area contributed by atoms with E-state index >= 15 is 0 Å². The van der Waals surface area contributed by atoms with Crippen molar-refractivity contribution in [2.24, 2.45) is 23.7 Å². The third-order valence-corrected chi connectivity index (χ3v) is 4.64. The van der Waals surface area contributed by atoms with E-state index in [2.05, 4.69) is 27.7 Å². The predicted molar refractivity (Wildman–Crippen MR) is 64.4 cm³/mol. The second-order valence-electron chi connectivity index (χ2n) is 5.14. The first-order valence-corrected chi connectivity index (χ1v) is 6.76. The minimum atomic E-state index is 1.03. The highest BCUT2D eigenvalue weighted by molar-refractivity contribution is 4.83. The van der Waals surface area contributed by atoms with Gasteiger partial charge in [-0.25, -0.2) is 0 Å². The summed E-state index contributed by atoms with van der Waals surface area (Å²) in [6, 6.07) is 0. The molecule has 0 aromatic rings. The molecule has 4 atom stereocenters. The molecule has 0 aliphatic heterocycles. The Morgan fingerprint density at radius 1 is 0.571 bits per heavy atom. The van der Waals surface area contributed by atoms with Crippen LogP contribution in [0.5, 0.6) is 0 Å². The second-order valence-corrected chi connectivity index (χ2v) is 5.14. The van der Waals surface area contributed by atoms with Crippen LogP contribution >= 0.6 is 0 Å². The minimum absolute atomic E-state index is 1.03. The van der Waals surface area contributed by atoms with E-state index in [1.165, 1.54) is 38.5 Å². The van der Waals surface area contributed by atoms with Crippen LogP contribution in [0.4, 0.5) is 0 Å². The topological polar surface area (TPSA) is 0 Å². The van der Waals surface area contributed by atoms with Gasteiger partial charge in [0.2, 0.25) is 0 Å². The third kappa shape index (κ3) is 2.52. The first-order chi connectivity index (χ1) is 6.76. The first kappa shape index (κ1) is 12.1. The molecule has 0 nitrogen and oxygen atoms in total. The van der Waals surface area contributed by atoms with Crippen LogP contribution in [0.3, 0.4) is 0 Å². The zero-order valence-corrected chi connectivity index (χ0v) is 10.6. The molecule has 0 heterocycles. The summed E-state index contributed by atoms with van der Waals surface area (Å²) in [6.07, 6.45) is 8.67. The molecule has 0 aromatic heterocycles. The van der Waals surface area contributed by atoms with E-state index in [0.29, 0.717) is 0 Å². The third-order valence-electron chi connectivity index (χ3n) is 4.64. The fourth-order valence-electron chi connectivity index (χ4n) is 3.55. The highest BCUT2D eigenvalue weighted by Gasteiger charge is 2.33. The minimum Gasteiger partial charge on any atom is -0.0651 e. The number of hydrogen-bond donors (Lipinski definition) is 0.